The molecule has 0 atom stereocenters. The van der Waals surface area contributed by atoms with Gasteiger partial charge in [0.15, 0.2) is 5.78 Å². The van der Waals surface area contributed by atoms with Crippen LogP contribution < -0.4 is 5.32 Å². The second-order valence-corrected chi connectivity index (χ2v) is 5.64. The maximum Gasteiger partial charge on any atom is 0.228 e. The molecular formula is C19H17NO3. The molecule has 2 aromatic rings. The number of nitrogens with one attached hydrogen (secondary N) is 1. The number of carbonyl (C=O) groups is 2. The number of hydrogen-bond donors (Lipinski definition) is 2. The third-order valence-corrected chi connectivity index (χ3v) is 3.91. The van der Waals surface area contributed by atoms with Crippen LogP contribution >= 0.6 is 0 Å². The van der Waals surface area contributed by atoms with Crippen molar-refractivity contribution in [3.63, 3.8) is 0 Å². The number of hydrogen-bond acceptors (Lipinski definition) is 3. The molecule has 0 heterocycles. The maximum absolute atomic E-state index is 12.2. The van der Waals surface area contributed by atoms with Gasteiger partial charge in [0.2, 0.25) is 5.91 Å². The number of allylic oxidation sites excluding steroid dienone is 1. The Hall–Kier alpha value is -2.88. The number of fused-ring (bicyclic) bond motifs is 1. The van der Waals surface area contributed by atoms with E-state index >= 15 is 0 Å². The predicted molar refractivity (Wildman–Crippen MR) is 89.6 cm³/mol. The van der Waals surface area contributed by atoms with E-state index in [1.165, 1.54) is 0 Å². The molecule has 0 bridgehead atoms. The number of phenolic OH excluding ortho intramolecular Hbond substituents is 1. The molecule has 1 aliphatic rings. The lowest BCUT2D eigenvalue weighted by Gasteiger charge is -2.15. The Kier molecular flexibility index (Phi) is 3.98. The quantitative estimate of drug-likeness (QED) is 0.912. The lowest BCUT2D eigenvalue weighted by molar-refractivity contribution is -0.115. The van der Waals surface area contributed by atoms with Crippen molar-refractivity contribution >= 4 is 23.5 Å². The number of aryl methyl sites for hydroxylation is 1. The van der Waals surface area contributed by atoms with Gasteiger partial charge in [-0.15, -0.1) is 0 Å². The van der Waals surface area contributed by atoms with Crippen LogP contribution in [0.3, 0.4) is 0 Å². The van der Waals surface area contributed by atoms with Gasteiger partial charge < -0.3 is 10.4 Å². The van der Waals surface area contributed by atoms with Crippen molar-refractivity contribution in [2.45, 2.75) is 19.8 Å². The highest BCUT2D eigenvalue weighted by Crippen LogP contribution is 2.27. The number of carbonyl (C=O) groups excluding carboxylic acids is 2. The summed E-state index contributed by atoms with van der Waals surface area (Å²) in [7, 11) is 0. The fourth-order valence-electron chi connectivity index (χ4n) is 2.64. The summed E-state index contributed by atoms with van der Waals surface area (Å²) in [6.07, 6.45) is 4.23. The minimum atomic E-state index is -0.187. The average Bonchev–Trinajstić information content (AvgIpc) is 2.52. The van der Waals surface area contributed by atoms with Crippen molar-refractivity contribution in [3.8, 4) is 5.75 Å². The Labute approximate surface area is 134 Å². The van der Waals surface area contributed by atoms with Crippen LogP contribution in [0.4, 0.5) is 5.69 Å². The first-order valence-electron chi connectivity index (χ1n) is 7.45. The first-order valence-corrected chi connectivity index (χ1v) is 7.45. The topological polar surface area (TPSA) is 66.4 Å². The Morgan fingerprint density at radius 3 is 2.87 bits per heavy atom. The molecule has 0 aliphatic heterocycles. The lowest BCUT2D eigenvalue weighted by atomic mass is 9.95. The highest BCUT2D eigenvalue weighted by molar-refractivity contribution is 6.06. The Bertz CT molecular complexity index is 821. The van der Waals surface area contributed by atoms with E-state index in [1.807, 2.05) is 12.1 Å². The largest absolute Gasteiger partial charge is 0.508 e. The van der Waals surface area contributed by atoms with Crippen LogP contribution in [0, 0.1) is 6.92 Å². The Balaban J connectivity index is 1.79. The normalized spacial score (nSPS) is 12.8. The van der Waals surface area contributed by atoms with Crippen molar-refractivity contribution in [2.24, 2.45) is 0 Å². The SMILES string of the molecule is Cc1ccc(CC(=O)Nc2cccc3c2C=CCC3=O)cc1O. The Morgan fingerprint density at radius 2 is 2.09 bits per heavy atom. The summed E-state index contributed by atoms with van der Waals surface area (Å²) in [5.41, 5.74) is 3.53. The van der Waals surface area contributed by atoms with E-state index in [2.05, 4.69) is 5.32 Å². The van der Waals surface area contributed by atoms with Crippen molar-refractivity contribution in [1.82, 2.24) is 0 Å². The summed E-state index contributed by atoms with van der Waals surface area (Å²) in [6, 6.07) is 10.5. The zero-order valence-corrected chi connectivity index (χ0v) is 12.8. The summed E-state index contributed by atoms with van der Waals surface area (Å²) >= 11 is 0. The molecule has 0 saturated carbocycles. The molecule has 1 amide bonds. The van der Waals surface area contributed by atoms with E-state index < -0.39 is 0 Å². The molecule has 4 nitrogen and oxygen atoms in total. The lowest BCUT2D eigenvalue weighted by Crippen LogP contribution is -2.16. The second-order valence-electron chi connectivity index (χ2n) is 5.64. The molecule has 4 heteroatoms. The molecule has 3 rings (SSSR count). The predicted octanol–water partition coefficient (Wildman–Crippen LogP) is 3.48. The smallest absolute Gasteiger partial charge is 0.228 e. The van der Waals surface area contributed by atoms with Gasteiger partial charge in [0.05, 0.1) is 6.42 Å². The van der Waals surface area contributed by atoms with Crippen LogP contribution in [0.1, 0.15) is 33.5 Å². The number of amides is 1. The molecule has 1 aliphatic carbocycles. The number of aromatic hydroxyl groups is 1. The number of phenols is 1. The monoisotopic (exact) mass is 307 g/mol. The summed E-state index contributed by atoms with van der Waals surface area (Å²) < 4.78 is 0. The van der Waals surface area contributed by atoms with Crippen LogP contribution in [0.15, 0.2) is 42.5 Å². The van der Waals surface area contributed by atoms with E-state index in [-0.39, 0.29) is 23.9 Å². The van der Waals surface area contributed by atoms with Crippen molar-refractivity contribution in [1.29, 1.82) is 0 Å². The molecule has 0 aromatic heterocycles. The van der Waals surface area contributed by atoms with Gasteiger partial charge in [-0.05, 0) is 30.2 Å². The fraction of sp³-hybridized carbons (Fsp3) is 0.158. The molecule has 2 aromatic carbocycles. The fourth-order valence-corrected chi connectivity index (χ4v) is 2.64. The summed E-state index contributed by atoms with van der Waals surface area (Å²) in [5.74, 6) is 0.0519. The molecule has 0 unspecified atom stereocenters. The molecule has 0 saturated heterocycles. The number of Topliss-reactive ketones (excluding diaryl/α,β-unsaturated/α-hetero) is 1. The second kappa shape index (κ2) is 6.08. The third-order valence-electron chi connectivity index (χ3n) is 3.91. The number of benzene rings is 2. The van der Waals surface area contributed by atoms with Crippen LogP contribution in [0.25, 0.3) is 6.08 Å². The van der Waals surface area contributed by atoms with Crippen molar-refractivity contribution in [3.05, 3.63) is 64.7 Å². The maximum atomic E-state index is 12.2. The van der Waals surface area contributed by atoms with E-state index in [0.717, 1.165) is 16.7 Å². The van der Waals surface area contributed by atoms with Crippen LogP contribution in [0.5, 0.6) is 5.75 Å². The zero-order chi connectivity index (χ0) is 16.4. The molecule has 0 radical (unpaired) electrons. The van der Waals surface area contributed by atoms with E-state index in [0.29, 0.717) is 17.7 Å². The van der Waals surface area contributed by atoms with Crippen LogP contribution in [-0.4, -0.2) is 16.8 Å². The van der Waals surface area contributed by atoms with Gasteiger partial charge in [-0.3, -0.25) is 9.59 Å². The number of anilines is 1. The van der Waals surface area contributed by atoms with Gasteiger partial charge in [0, 0.05) is 23.2 Å². The summed E-state index contributed by atoms with van der Waals surface area (Å²) in [4.78, 5) is 24.1. The molecule has 116 valence electrons. The van der Waals surface area contributed by atoms with Gasteiger partial charge in [-0.2, -0.15) is 0 Å². The van der Waals surface area contributed by atoms with Crippen molar-refractivity contribution < 1.29 is 14.7 Å². The zero-order valence-electron chi connectivity index (χ0n) is 12.8. The van der Waals surface area contributed by atoms with Gasteiger partial charge in [-0.1, -0.05) is 36.4 Å². The van der Waals surface area contributed by atoms with E-state index in [1.54, 1.807) is 43.3 Å². The average molecular weight is 307 g/mol. The van der Waals surface area contributed by atoms with Gasteiger partial charge >= 0.3 is 0 Å². The summed E-state index contributed by atoms with van der Waals surface area (Å²) in [6.45, 7) is 1.80. The standard InChI is InChI=1S/C19H17NO3/c1-12-8-9-13(10-18(12)22)11-19(23)20-16-6-2-5-15-14(16)4-3-7-17(15)21/h2-6,8-10,22H,7,11H2,1H3,(H,20,23). The van der Waals surface area contributed by atoms with Gasteiger partial charge in [-0.25, -0.2) is 0 Å². The van der Waals surface area contributed by atoms with Crippen molar-refractivity contribution in [2.75, 3.05) is 5.32 Å². The van der Waals surface area contributed by atoms with Crippen LogP contribution in [0.2, 0.25) is 0 Å². The molecule has 0 spiro atoms. The minimum Gasteiger partial charge on any atom is -0.508 e. The minimum absolute atomic E-state index is 0.0575. The highest BCUT2D eigenvalue weighted by Gasteiger charge is 2.17. The van der Waals surface area contributed by atoms with E-state index in [4.69, 9.17) is 0 Å². The molecule has 0 fully saturated rings. The molecule has 2 N–H and O–H groups in total. The Morgan fingerprint density at radius 1 is 1.26 bits per heavy atom. The number of ketones is 1. The van der Waals surface area contributed by atoms with Gasteiger partial charge in [0.1, 0.15) is 5.75 Å². The summed E-state index contributed by atoms with van der Waals surface area (Å²) in [5, 5.41) is 12.6. The third kappa shape index (κ3) is 3.16. The molecule has 23 heavy (non-hydrogen) atoms. The highest BCUT2D eigenvalue weighted by atomic mass is 16.3. The molecular weight excluding hydrogens is 290 g/mol. The van der Waals surface area contributed by atoms with Crippen LogP contribution in [-0.2, 0) is 11.2 Å². The first-order chi connectivity index (χ1) is 11.0. The van der Waals surface area contributed by atoms with E-state index in [9.17, 15) is 14.7 Å². The number of rotatable bonds is 3. The first kappa shape index (κ1) is 15.0. The van der Waals surface area contributed by atoms with Gasteiger partial charge in [0.25, 0.3) is 0 Å².